The third kappa shape index (κ3) is 1.91. The predicted octanol–water partition coefficient (Wildman–Crippen LogP) is -2.69. The summed E-state index contributed by atoms with van der Waals surface area (Å²) in [5.74, 6) is 0. The van der Waals surface area contributed by atoms with E-state index in [1.165, 1.54) is 21.1 Å². The number of rotatable bonds is 0. The lowest BCUT2D eigenvalue weighted by Gasteiger charge is -2.10. The van der Waals surface area contributed by atoms with Crippen molar-refractivity contribution in [2.24, 2.45) is 21.1 Å². The number of nitrogens with zero attached hydrogens (tertiary/aromatic N) is 3. The second kappa shape index (κ2) is 5.03. The van der Waals surface area contributed by atoms with Crippen LogP contribution in [-0.4, -0.2) is 29.3 Å². The summed E-state index contributed by atoms with van der Waals surface area (Å²) in [6.07, 6.45) is 0. The minimum absolute atomic E-state index is 0.398. The summed E-state index contributed by atoms with van der Waals surface area (Å²) in [7, 11) is 3.76. The van der Waals surface area contributed by atoms with Crippen molar-refractivity contribution >= 4 is 32.3 Å². The predicted molar refractivity (Wildman–Crippen MR) is 96.5 cm³/mol. The standard InChI is InChI=1S/C15H12N6O6/c1-19-13(25)7-4(10(22)16-19)8-6(12(24)18-20(2)14(8)26)9-5(7)11(23)17-21(3)15(9)27/h1-3H3,(H,16,22)(H,17,23)(H,18,24). The summed E-state index contributed by atoms with van der Waals surface area (Å²) in [5.41, 5.74) is -4.92. The van der Waals surface area contributed by atoms with Crippen LogP contribution in [-0.2, 0) is 21.1 Å². The zero-order valence-electron chi connectivity index (χ0n) is 14.3. The monoisotopic (exact) mass is 372 g/mol. The Balaban J connectivity index is 2.77. The smallest absolute Gasteiger partial charge is 0.267 e. The lowest BCUT2D eigenvalue weighted by atomic mass is 9.99. The molecule has 0 saturated heterocycles. The zero-order chi connectivity index (χ0) is 19.8. The second-order valence-electron chi connectivity index (χ2n) is 6.17. The van der Waals surface area contributed by atoms with Gasteiger partial charge in [0.1, 0.15) is 0 Å². The molecule has 0 spiro atoms. The van der Waals surface area contributed by atoms with Crippen LogP contribution in [0.1, 0.15) is 0 Å². The van der Waals surface area contributed by atoms with Crippen molar-refractivity contribution in [2.75, 3.05) is 0 Å². The molecule has 0 atom stereocenters. The first-order chi connectivity index (χ1) is 12.6. The molecule has 12 heteroatoms. The van der Waals surface area contributed by atoms with Crippen molar-refractivity contribution in [3.05, 3.63) is 62.1 Å². The molecule has 1 aromatic carbocycles. The topological polar surface area (TPSA) is 165 Å². The Kier molecular flexibility index (Phi) is 3.08. The van der Waals surface area contributed by atoms with Crippen LogP contribution in [0, 0.1) is 0 Å². The summed E-state index contributed by atoms with van der Waals surface area (Å²) in [6, 6.07) is 0. The highest BCUT2D eigenvalue weighted by atomic mass is 16.2. The number of hydrogen-bond acceptors (Lipinski definition) is 6. The second-order valence-corrected chi connectivity index (χ2v) is 6.17. The van der Waals surface area contributed by atoms with Gasteiger partial charge < -0.3 is 0 Å². The normalized spacial score (nSPS) is 11.7. The van der Waals surface area contributed by atoms with E-state index in [-0.39, 0.29) is 0 Å². The molecule has 0 amide bonds. The van der Waals surface area contributed by atoms with E-state index in [9.17, 15) is 28.8 Å². The van der Waals surface area contributed by atoms with Crippen LogP contribution in [0.25, 0.3) is 32.3 Å². The lowest BCUT2D eigenvalue weighted by molar-refractivity contribution is 0.696. The van der Waals surface area contributed by atoms with Gasteiger partial charge in [0, 0.05) is 21.1 Å². The van der Waals surface area contributed by atoms with Gasteiger partial charge in [-0.25, -0.2) is 0 Å². The summed E-state index contributed by atoms with van der Waals surface area (Å²) in [6.45, 7) is 0. The third-order valence-electron chi connectivity index (χ3n) is 4.54. The van der Waals surface area contributed by atoms with E-state index in [2.05, 4.69) is 15.3 Å². The average molecular weight is 372 g/mol. The number of H-pyrrole nitrogens is 3. The molecule has 3 N–H and O–H groups in total. The molecule has 4 aromatic rings. The molecule has 0 radical (unpaired) electrons. The van der Waals surface area contributed by atoms with E-state index in [0.717, 1.165) is 14.0 Å². The average Bonchev–Trinajstić information content (AvgIpc) is 2.60. The molecule has 3 aromatic heterocycles. The molecule has 0 aliphatic rings. The highest BCUT2D eigenvalue weighted by Gasteiger charge is 2.24. The van der Waals surface area contributed by atoms with Crippen molar-refractivity contribution in [3.63, 3.8) is 0 Å². The molecular formula is C15H12N6O6. The maximum absolute atomic E-state index is 12.7. The molecule has 12 nitrogen and oxygen atoms in total. The summed E-state index contributed by atoms with van der Waals surface area (Å²) in [4.78, 5) is 75.8. The van der Waals surface area contributed by atoms with Gasteiger partial charge in [0.05, 0.1) is 32.3 Å². The van der Waals surface area contributed by atoms with Crippen LogP contribution >= 0.6 is 0 Å². The van der Waals surface area contributed by atoms with Crippen molar-refractivity contribution < 1.29 is 0 Å². The van der Waals surface area contributed by atoms with Gasteiger partial charge in [-0.15, -0.1) is 0 Å². The van der Waals surface area contributed by atoms with Crippen LogP contribution in [0.4, 0.5) is 0 Å². The van der Waals surface area contributed by atoms with E-state index < -0.39 is 65.7 Å². The fraction of sp³-hybridized carbons (Fsp3) is 0.200. The highest BCUT2D eigenvalue weighted by molar-refractivity contribution is 6.23. The van der Waals surface area contributed by atoms with E-state index in [1.807, 2.05) is 0 Å². The van der Waals surface area contributed by atoms with Crippen molar-refractivity contribution in [1.82, 2.24) is 29.3 Å². The zero-order valence-corrected chi connectivity index (χ0v) is 14.3. The Labute approximate surface area is 145 Å². The molecule has 0 unspecified atom stereocenters. The largest absolute Gasteiger partial charge is 0.273 e. The molecular weight excluding hydrogens is 360 g/mol. The van der Waals surface area contributed by atoms with Gasteiger partial charge in [0.25, 0.3) is 33.4 Å². The number of benzene rings is 1. The van der Waals surface area contributed by atoms with Gasteiger partial charge in [0.2, 0.25) is 0 Å². The van der Waals surface area contributed by atoms with Crippen LogP contribution < -0.4 is 33.4 Å². The highest BCUT2D eigenvalue weighted by Crippen LogP contribution is 2.22. The van der Waals surface area contributed by atoms with Crippen molar-refractivity contribution in [2.45, 2.75) is 0 Å². The number of hydrogen-bond donors (Lipinski definition) is 3. The summed E-state index contributed by atoms with van der Waals surface area (Å²) in [5, 5.41) is 4.30. The van der Waals surface area contributed by atoms with Gasteiger partial charge in [-0.1, -0.05) is 0 Å². The molecule has 138 valence electrons. The fourth-order valence-corrected chi connectivity index (χ4v) is 3.35. The SMILES string of the molecule is Cn1[nH]c(=O)c2c(c1=O)c1c(=O)[nH]n(C)c(=O)c1c1c(=O)[nH]n(C)c(=O)c21. The molecule has 3 heterocycles. The van der Waals surface area contributed by atoms with Crippen LogP contribution in [0.3, 0.4) is 0 Å². The number of fused-ring (bicyclic) bond motifs is 6. The fourth-order valence-electron chi connectivity index (χ4n) is 3.35. The van der Waals surface area contributed by atoms with E-state index >= 15 is 0 Å². The molecule has 0 saturated carbocycles. The first kappa shape index (κ1) is 16.5. The van der Waals surface area contributed by atoms with Gasteiger partial charge in [-0.3, -0.25) is 58.1 Å². The first-order valence-electron chi connectivity index (χ1n) is 7.66. The van der Waals surface area contributed by atoms with Crippen molar-refractivity contribution in [1.29, 1.82) is 0 Å². The van der Waals surface area contributed by atoms with E-state index in [0.29, 0.717) is 0 Å². The van der Waals surface area contributed by atoms with Crippen LogP contribution in [0.15, 0.2) is 28.8 Å². The van der Waals surface area contributed by atoms with Gasteiger partial charge in [0.15, 0.2) is 0 Å². The molecule has 27 heavy (non-hydrogen) atoms. The van der Waals surface area contributed by atoms with Gasteiger partial charge in [-0.05, 0) is 0 Å². The molecule has 0 aliphatic carbocycles. The number of nitrogens with one attached hydrogen (secondary N) is 3. The minimum Gasteiger partial charge on any atom is -0.267 e. The van der Waals surface area contributed by atoms with Crippen LogP contribution in [0.5, 0.6) is 0 Å². The maximum Gasteiger partial charge on any atom is 0.273 e. The Morgan fingerprint density at radius 2 is 0.667 bits per heavy atom. The molecule has 0 aliphatic heterocycles. The van der Waals surface area contributed by atoms with Gasteiger partial charge >= 0.3 is 0 Å². The number of aromatic nitrogens is 6. The molecule has 0 fully saturated rings. The van der Waals surface area contributed by atoms with E-state index in [4.69, 9.17) is 0 Å². The maximum atomic E-state index is 12.7. The quantitative estimate of drug-likeness (QED) is 0.284. The van der Waals surface area contributed by atoms with Gasteiger partial charge in [-0.2, -0.15) is 0 Å². The van der Waals surface area contributed by atoms with E-state index in [1.54, 1.807) is 0 Å². The minimum atomic E-state index is -0.846. The summed E-state index contributed by atoms with van der Waals surface area (Å²) < 4.78 is 2.51. The Hall–Kier alpha value is -3.96. The number of aryl methyl sites for hydroxylation is 3. The summed E-state index contributed by atoms with van der Waals surface area (Å²) >= 11 is 0. The Morgan fingerprint density at radius 1 is 0.444 bits per heavy atom. The molecule has 0 bridgehead atoms. The van der Waals surface area contributed by atoms with Crippen LogP contribution in [0.2, 0.25) is 0 Å². The van der Waals surface area contributed by atoms with Crippen molar-refractivity contribution in [3.8, 4) is 0 Å². The lowest BCUT2D eigenvalue weighted by Crippen LogP contribution is -2.36. The first-order valence-corrected chi connectivity index (χ1v) is 7.66. The third-order valence-corrected chi connectivity index (χ3v) is 4.54. The number of aromatic amines is 3. The molecule has 4 rings (SSSR count). The Morgan fingerprint density at radius 3 is 0.889 bits per heavy atom. The Bertz CT molecular complexity index is 1440.